The summed E-state index contributed by atoms with van der Waals surface area (Å²) in [5.41, 5.74) is 1.71. The fraction of sp³-hybridized carbons (Fsp3) is 0.136. The number of aromatic nitrogens is 4. The maximum absolute atomic E-state index is 14.6. The van der Waals surface area contributed by atoms with E-state index in [-0.39, 0.29) is 23.8 Å². The normalized spacial score (nSPS) is 10.9. The lowest BCUT2D eigenvalue weighted by Crippen LogP contribution is -2.02. The molecule has 1 N–H and O–H groups in total. The Morgan fingerprint density at radius 1 is 1.00 bits per heavy atom. The minimum absolute atomic E-state index is 0.0222. The lowest BCUT2D eigenvalue weighted by Gasteiger charge is -2.11. The molecule has 0 aliphatic heterocycles. The van der Waals surface area contributed by atoms with Gasteiger partial charge in [-0.25, -0.2) is 14.4 Å². The van der Waals surface area contributed by atoms with Gasteiger partial charge in [0, 0.05) is 29.6 Å². The van der Waals surface area contributed by atoms with E-state index in [9.17, 15) is 13.2 Å². The first kappa shape index (κ1) is 20.4. The topological polar surface area (TPSA) is 72.9 Å². The molecule has 158 valence electrons. The van der Waals surface area contributed by atoms with Gasteiger partial charge >= 0.3 is 0 Å². The molecule has 0 aliphatic carbocycles. The Morgan fingerprint density at radius 2 is 1.84 bits per heavy atom. The first-order valence-electron chi connectivity index (χ1n) is 9.24. The largest absolute Gasteiger partial charge is 0.496 e. The zero-order valence-corrected chi connectivity index (χ0v) is 16.6. The second-order valence-corrected chi connectivity index (χ2v) is 6.71. The number of ether oxygens (including phenoxy) is 2. The smallest absolute Gasteiger partial charge is 0.219 e. The molecular weight excluding hydrogens is 409 g/mol. The maximum atomic E-state index is 14.6. The van der Waals surface area contributed by atoms with Crippen molar-refractivity contribution in [2.75, 3.05) is 7.11 Å². The van der Waals surface area contributed by atoms with Crippen molar-refractivity contribution in [1.82, 2.24) is 19.9 Å². The molecule has 0 spiro atoms. The van der Waals surface area contributed by atoms with Gasteiger partial charge in [0.05, 0.1) is 7.11 Å². The monoisotopic (exact) mass is 426 g/mol. The summed E-state index contributed by atoms with van der Waals surface area (Å²) in [5.74, 6) is -0.884. The van der Waals surface area contributed by atoms with Crippen molar-refractivity contribution in [2.24, 2.45) is 0 Å². The summed E-state index contributed by atoms with van der Waals surface area (Å²) in [5, 5.41) is 0. The highest BCUT2D eigenvalue weighted by Gasteiger charge is 2.18. The predicted octanol–water partition coefficient (Wildman–Crippen LogP) is 4.85. The van der Waals surface area contributed by atoms with Crippen LogP contribution in [0, 0.1) is 24.6 Å². The fourth-order valence-corrected chi connectivity index (χ4v) is 2.96. The Morgan fingerprint density at radius 3 is 2.55 bits per heavy atom. The van der Waals surface area contributed by atoms with Crippen molar-refractivity contribution in [3.8, 4) is 34.1 Å². The van der Waals surface area contributed by atoms with Crippen LogP contribution in [0.5, 0.6) is 11.5 Å². The number of aryl methyl sites for hydroxylation is 1. The molecule has 31 heavy (non-hydrogen) atoms. The van der Waals surface area contributed by atoms with E-state index in [1.807, 2.05) is 0 Å². The van der Waals surface area contributed by atoms with E-state index in [1.165, 1.54) is 25.4 Å². The highest BCUT2D eigenvalue weighted by Crippen LogP contribution is 2.35. The lowest BCUT2D eigenvalue weighted by atomic mass is 10.1. The second-order valence-electron chi connectivity index (χ2n) is 6.71. The van der Waals surface area contributed by atoms with Crippen LogP contribution in [-0.2, 0) is 6.61 Å². The van der Waals surface area contributed by atoms with Crippen molar-refractivity contribution in [3.63, 3.8) is 0 Å². The third-order valence-electron chi connectivity index (χ3n) is 4.52. The molecule has 3 heterocycles. The Kier molecular flexibility index (Phi) is 5.57. The minimum Gasteiger partial charge on any atom is -0.496 e. The molecular formula is C22H17F3N4O2. The summed E-state index contributed by atoms with van der Waals surface area (Å²) in [6.07, 6.45) is 2.81. The zero-order chi connectivity index (χ0) is 22.0. The number of aromatic amines is 1. The Balaban J connectivity index is 1.59. The number of hydrogen-bond acceptors (Lipinski definition) is 5. The van der Waals surface area contributed by atoms with Crippen LogP contribution < -0.4 is 9.47 Å². The predicted molar refractivity (Wildman–Crippen MR) is 107 cm³/mol. The van der Waals surface area contributed by atoms with Crippen molar-refractivity contribution in [2.45, 2.75) is 13.5 Å². The quantitative estimate of drug-likeness (QED) is 0.447. The summed E-state index contributed by atoms with van der Waals surface area (Å²) in [7, 11) is 1.43. The van der Waals surface area contributed by atoms with Gasteiger partial charge in [0.15, 0.2) is 0 Å². The molecule has 0 radical (unpaired) electrons. The van der Waals surface area contributed by atoms with Crippen LogP contribution in [0.15, 0.2) is 48.8 Å². The van der Waals surface area contributed by atoms with E-state index in [0.29, 0.717) is 28.2 Å². The van der Waals surface area contributed by atoms with Crippen molar-refractivity contribution in [1.29, 1.82) is 0 Å². The molecule has 0 aliphatic rings. The van der Waals surface area contributed by atoms with Gasteiger partial charge in [-0.15, -0.1) is 0 Å². The standard InChI is InChI=1S/C22H17F3N4O2/c1-12-7-16(23)17(26-9-12)11-31-14-4-5-15(18(8-14)30-2)20-21(25)29-22(28-20)13-3-6-19(24)27-10-13/h3-10H,11H2,1-2H3,(H,28,29). The van der Waals surface area contributed by atoms with Gasteiger partial charge in [0.1, 0.15) is 41.1 Å². The summed E-state index contributed by atoms with van der Waals surface area (Å²) in [6, 6.07) is 8.71. The molecule has 4 aromatic rings. The average molecular weight is 426 g/mol. The summed E-state index contributed by atoms with van der Waals surface area (Å²) < 4.78 is 52.5. The van der Waals surface area contributed by atoms with Gasteiger partial charge in [-0.05, 0) is 42.8 Å². The van der Waals surface area contributed by atoms with Crippen LogP contribution in [0.4, 0.5) is 13.2 Å². The summed E-state index contributed by atoms with van der Waals surface area (Å²) in [6.45, 7) is 1.67. The molecule has 0 saturated carbocycles. The van der Waals surface area contributed by atoms with Crippen LogP contribution in [0.1, 0.15) is 11.3 Å². The minimum atomic E-state index is -0.683. The van der Waals surface area contributed by atoms with Crippen LogP contribution in [0.2, 0.25) is 0 Å². The second kappa shape index (κ2) is 8.47. The molecule has 0 unspecified atom stereocenters. The molecule has 0 atom stereocenters. The summed E-state index contributed by atoms with van der Waals surface area (Å²) in [4.78, 5) is 14.4. The Hall–Kier alpha value is -3.88. The number of nitrogens with zero attached hydrogens (tertiary/aromatic N) is 3. The molecule has 0 amide bonds. The van der Waals surface area contributed by atoms with E-state index in [2.05, 4.69) is 19.9 Å². The van der Waals surface area contributed by atoms with Crippen LogP contribution in [-0.4, -0.2) is 27.0 Å². The molecule has 9 heteroatoms. The van der Waals surface area contributed by atoms with Gasteiger partial charge in [-0.1, -0.05) is 0 Å². The third kappa shape index (κ3) is 4.35. The lowest BCUT2D eigenvalue weighted by molar-refractivity contribution is 0.292. The Labute approximate surface area is 175 Å². The molecule has 0 fully saturated rings. The van der Waals surface area contributed by atoms with Crippen LogP contribution in [0.25, 0.3) is 22.6 Å². The fourth-order valence-electron chi connectivity index (χ4n) is 2.96. The van der Waals surface area contributed by atoms with Gasteiger partial charge in [-0.3, -0.25) is 4.98 Å². The van der Waals surface area contributed by atoms with Gasteiger partial charge in [0.2, 0.25) is 11.9 Å². The van der Waals surface area contributed by atoms with E-state index < -0.39 is 17.7 Å². The number of hydrogen-bond donors (Lipinski definition) is 1. The van der Waals surface area contributed by atoms with Gasteiger partial charge < -0.3 is 14.5 Å². The number of benzene rings is 1. The average Bonchev–Trinajstić information content (AvgIpc) is 3.14. The number of methoxy groups -OCH3 is 1. The van der Waals surface area contributed by atoms with Crippen molar-refractivity contribution in [3.05, 3.63) is 77.8 Å². The first-order valence-corrected chi connectivity index (χ1v) is 9.24. The number of imidazole rings is 1. The molecule has 1 aromatic carbocycles. The maximum Gasteiger partial charge on any atom is 0.219 e. The van der Waals surface area contributed by atoms with Crippen LogP contribution >= 0.6 is 0 Å². The number of H-pyrrole nitrogens is 1. The summed E-state index contributed by atoms with van der Waals surface area (Å²) >= 11 is 0. The molecule has 6 nitrogen and oxygen atoms in total. The van der Waals surface area contributed by atoms with Crippen molar-refractivity contribution >= 4 is 0 Å². The van der Waals surface area contributed by atoms with Crippen LogP contribution in [0.3, 0.4) is 0 Å². The van der Waals surface area contributed by atoms with E-state index in [0.717, 1.165) is 6.07 Å². The Bertz CT molecular complexity index is 1230. The van der Waals surface area contributed by atoms with E-state index in [4.69, 9.17) is 9.47 Å². The van der Waals surface area contributed by atoms with E-state index >= 15 is 0 Å². The number of halogens is 3. The first-order chi connectivity index (χ1) is 14.9. The molecule has 0 bridgehead atoms. The van der Waals surface area contributed by atoms with E-state index in [1.54, 1.807) is 31.3 Å². The number of rotatable bonds is 6. The highest BCUT2D eigenvalue weighted by atomic mass is 19.1. The number of pyridine rings is 2. The molecule has 4 rings (SSSR count). The van der Waals surface area contributed by atoms with Crippen molar-refractivity contribution < 1.29 is 22.6 Å². The molecule has 3 aromatic heterocycles. The van der Waals surface area contributed by atoms with Gasteiger partial charge in [-0.2, -0.15) is 8.78 Å². The SMILES string of the molecule is COc1cc(OCc2ncc(C)cc2F)ccc1-c1nc(-c2ccc(F)nc2)[nH]c1F. The zero-order valence-electron chi connectivity index (χ0n) is 16.6. The number of nitrogens with one attached hydrogen (secondary N) is 1. The third-order valence-corrected chi connectivity index (χ3v) is 4.52. The molecule has 0 saturated heterocycles. The van der Waals surface area contributed by atoms with Gasteiger partial charge in [0.25, 0.3) is 0 Å². The highest BCUT2D eigenvalue weighted by molar-refractivity contribution is 5.71.